The largest absolute Gasteiger partial charge is 0.381 e. The highest BCUT2D eigenvalue weighted by Crippen LogP contribution is 2.19. The minimum absolute atomic E-state index is 0.0434. The van der Waals surface area contributed by atoms with Gasteiger partial charge in [-0.2, -0.15) is 0 Å². The van der Waals surface area contributed by atoms with Crippen LogP contribution in [-0.2, 0) is 4.74 Å². The summed E-state index contributed by atoms with van der Waals surface area (Å²) in [5.41, 5.74) is 2.46. The molecule has 70 valence electrons. The second-order valence-corrected chi connectivity index (χ2v) is 3.68. The van der Waals surface area contributed by atoms with Gasteiger partial charge in [0, 0.05) is 18.8 Å². The smallest absolute Gasteiger partial charge is 0.181 e. The Labute approximate surface area is 77.8 Å². The van der Waals surface area contributed by atoms with Crippen LogP contribution >= 0.6 is 12.2 Å². The summed E-state index contributed by atoms with van der Waals surface area (Å²) in [6.45, 7) is 3.70. The van der Waals surface area contributed by atoms with Gasteiger partial charge in [-0.3, -0.25) is 0 Å². The molecule has 1 fully saturated rings. The molecule has 0 aromatic carbocycles. The molecule has 1 rings (SSSR count). The van der Waals surface area contributed by atoms with Crippen LogP contribution in [0, 0.1) is 0 Å². The molecule has 4 nitrogen and oxygen atoms in total. The van der Waals surface area contributed by atoms with Gasteiger partial charge in [0.2, 0.25) is 0 Å². The summed E-state index contributed by atoms with van der Waals surface area (Å²) in [6.07, 6.45) is 1.93. The number of hydrazine groups is 1. The highest BCUT2D eigenvalue weighted by molar-refractivity contribution is 7.80. The summed E-state index contributed by atoms with van der Waals surface area (Å²) in [4.78, 5) is 0. The summed E-state index contributed by atoms with van der Waals surface area (Å²) in [5.74, 6) is 5.16. The molecule has 1 saturated heterocycles. The Kier molecular flexibility index (Phi) is 3.25. The lowest BCUT2D eigenvalue weighted by Crippen LogP contribution is -2.54. The summed E-state index contributed by atoms with van der Waals surface area (Å²) in [6, 6.07) is 0. The van der Waals surface area contributed by atoms with Crippen molar-refractivity contribution >= 4 is 17.3 Å². The van der Waals surface area contributed by atoms with E-state index in [0.29, 0.717) is 5.11 Å². The Bertz CT molecular complexity index is 168. The van der Waals surface area contributed by atoms with Gasteiger partial charge in [-0.15, -0.1) is 0 Å². The Morgan fingerprint density at radius 1 is 1.50 bits per heavy atom. The van der Waals surface area contributed by atoms with Gasteiger partial charge in [-0.1, -0.05) is 0 Å². The van der Waals surface area contributed by atoms with Crippen LogP contribution in [0.5, 0.6) is 0 Å². The van der Waals surface area contributed by atoms with E-state index in [-0.39, 0.29) is 5.54 Å². The van der Waals surface area contributed by atoms with Crippen molar-refractivity contribution in [3.8, 4) is 0 Å². The molecule has 4 N–H and O–H groups in total. The lowest BCUT2D eigenvalue weighted by molar-refractivity contribution is 0.0524. The van der Waals surface area contributed by atoms with E-state index in [1.54, 1.807) is 0 Å². The van der Waals surface area contributed by atoms with Crippen LogP contribution in [-0.4, -0.2) is 23.9 Å². The van der Waals surface area contributed by atoms with Gasteiger partial charge in [-0.25, -0.2) is 5.84 Å². The van der Waals surface area contributed by atoms with Crippen LogP contribution in [0.4, 0.5) is 0 Å². The zero-order valence-corrected chi connectivity index (χ0v) is 8.04. The van der Waals surface area contributed by atoms with Crippen LogP contribution in [0.1, 0.15) is 19.8 Å². The quantitative estimate of drug-likeness (QED) is 0.305. The Morgan fingerprint density at radius 2 is 2.08 bits per heavy atom. The third-order valence-electron chi connectivity index (χ3n) is 2.14. The molecule has 0 bridgehead atoms. The van der Waals surface area contributed by atoms with E-state index < -0.39 is 0 Å². The second kappa shape index (κ2) is 4.02. The van der Waals surface area contributed by atoms with E-state index in [0.717, 1.165) is 26.1 Å². The zero-order chi connectivity index (χ0) is 9.03. The van der Waals surface area contributed by atoms with E-state index in [2.05, 4.69) is 17.7 Å². The summed E-state index contributed by atoms with van der Waals surface area (Å²) < 4.78 is 5.25. The Morgan fingerprint density at radius 3 is 2.58 bits per heavy atom. The average Bonchev–Trinajstić information content (AvgIpc) is 2.05. The van der Waals surface area contributed by atoms with Crippen molar-refractivity contribution in [2.24, 2.45) is 5.84 Å². The molecule has 1 aliphatic rings. The molecule has 0 aromatic heterocycles. The number of thiocarbonyl (C=S) groups is 1. The standard InChI is InChI=1S/C7H15N3OS/c1-7(9-6(12)10-8)2-4-11-5-3-7/h2-5,8H2,1H3,(H2,9,10,12). The molecule has 0 amide bonds. The van der Waals surface area contributed by atoms with Gasteiger partial charge in [0.15, 0.2) is 5.11 Å². The first kappa shape index (κ1) is 9.70. The molecule has 0 unspecified atom stereocenters. The molecule has 0 atom stereocenters. The molecule has 0 spiro atoms. The number of rotatable bonds is 1. The van der Waals surface area contributed by atoms with Crippen molar-refractivity contribution in [1.29, 1.82) is 0 Å². The maximum atomic E-state index is 5.25. The van der Waals surface area contributed by atoms with E-state index in [1.807, 2.05) is 0 Å². The predicted molar refractivity (Wildman–Crippen MR) is 51.5 cm³/mol. The van der Waals surface area contributed by atoms with Crippen molar-refractivity contribution in [2.45, 2.75) is 25.3 Å². The molecular weight excluding hydrogens is 174 g/mol. The fourth-order valence-electron chi connectivity index (χ4n) is 1.26. The number of nitrogens with one attached hydrogen (secondary N) is 2. The molecule has 1 aliphatic heterocycles. The molecule has 0 radical (unpaired) electrons. The topological polar surface area (TPSA) is 59.3 Å². The van der Waals surface area contributed by atoms with Gasteiger partial charge in [-0.05, 0) is 32.0 Å². The van der Waals surface area contributed by atoms with Gasteiger partial charge in [0.05, 0.1) is 0 Å². The zero-order valence-electron chi connectivity index (χ0n) is 7.22. The summed E-state index contributed by atoms with van der Waals surface area (Å²) in [7, 11) is 0. The van der Waals surface area contributed by atoms with Gasteiger partial charge >= 0.3 is 0 Å². The Balaban J connectivity index is 2.41. The van der Waals surface area contributed by atoms with E-state index >= 15 is 0 Å². The molecule has 0 aromatic rings. The second-order valence-electron chi connectivity index (χ2n) is 3.27. The van der Waals surface area contributed by atoms with Crippen LogP contribution in [0.25, 0.3) is 0 Å². The third-order valence-corrected chi connectivity index (χ3v) is 2.36. The first-order valence-corrected chi connectivity index (χ1v) is 4.44. The fourth-order valence-corrected chi connectivity index (χ4v) is 1.50. The van der Waals surface area contributed by atoms with Gasteiger partial charge < -0.3 is 15.5 Å². The number of nitrogens with two attached hydrogens (primary N) is 1. The van der Waals surface area contributed by atoms with Crippen molar-refractivity contribution in [3.63, 3.8) is 0 Å². The van der Waals surface area contributed by atoms with Crippen LogP contribution < -0.4 is 16.6 Å². The van der Waals surface area contributed by atoms with Gasteiger partial charge in [0.1, 0.15) is 0 Å². The third kappa shape index (κ3) is 2.58. The van der Waals surface area contributed by atoms with Crippen molar-refractivity contribution in [1.82, 2.24) is 10.7 Å². The van der Waals surface area contributed by atoms with Crippen LogP contribution in [0.3, 0.4) is 0 Å². The molecule has 1 heterocycles. The van der Waals surface area contributed by atoms with E-state index in [1.165, 1.54) is 0 Å². The molecule has 12 heavy (non-hydrogen) atoms. The predicted octanol–water partition coefficient (Wildman–Crippen LogP) is -0.107. The van der Waals surface area contributed by atoms with Crippen molar-refractivity contribution in [3.05, 3.63) is 0 Å². The lowest BCUT2D eigenvalue weighted by Gasteiger charge is -2.35. The SMILES string of the molecule is CC1(NC(=S)NN)CCOCC1. The van der Waals surface area contributed by atoms with Crippen molar-refractivity contribution in [2.75, 3.05) is 13.2 Å². The fraction of sp³-hybridized carbons (Fsp3) is 0.857. The highest BCUT2D eigenvalue weighted by Gasteiger charge is 2.27. The normalized spacial score (nSPS) is 21.5. The van der Waals surface area contributed by atoms with E-state index in [9.17, 15) is 0 Å². The number of ether oxygens (including phenoxy) is 1. The lowest BCUT2D eigenvalue weighted by atomic mass is 9.93. The Hall–Kier alpha value is -0.390. The molecular formula is C7H15N3OS. The van der Waals surface area contributed by atoms with Crippen LogP contribution in [0.15, 0.2) is 0 Å². The maximum absolute atomic E-state index is 5.25. The van der Waals surface area contributed by atoms with E-state index in [4.69, 9.17) is 22.8 Å². The van der Waals surface area contributed by atoms with Crippen molar-refractivity contribution < 1.29 is 4.74 Å². The number of hydrogen-bond donors (Lipinski definition) is 3. The first-order valence-electron chi connectivity index (χ1n) is 4.03. The molecule has 5 heteroatoms. The summed E-state index contributed by atoms with van der Waals surface area (Å²) in [5, 5.41) is 3.66. The first-order chi connectivity index (χ1) is 5.66. The highest BCUT2D eigenvalue weighted by atomic mass is 32.1. The monoisotopic (exact) mass is 189 g/mol. The maximum Gasteiger partial charge on any atom is 0.181 e. The molecule has 0 saturated carbocycles. The summed E-state index contributed by atoms with van der Waals surface area (Å²) >= 11 is 4.92. The van der Waals surface area contributed by atoms with Gasteiger partial charge in [0.25, 0.3) is 0 Å². The minimum atomic E-state index is 0.0434. The average molecular weight is 189 g/mol. The number of hydrogen-bond acceptors (Lipinski definition) is 3. The minimum Gasteiger partial charge on any atom is -0.381 e. The molecule has 0 aliphatic carbocycles. The van der Waals surface area contributed by atoms with Crippen LogP contribution in [0.2, 0.25) is 0 Å².